The van der Waals surface area contributed by atoms with E-state index in [4.69, 9.17) is 18.0 Å². The summed E-state index contributed by atoms with van der Waals surface area (Å²) in [5.74, 6) is 0.00657. The maximum Gasteiger partial charge on any atom is 0.244 e. The monoisotopic (exact) mass is 272 g/mol. The molecule has 0 radical (unpaired) electrons. The van der Waals surface area contributed by atoms with Gasteiger partial charge in [0, 0.05) is 26.2 Å². The normalized spacial score (nSPS) is 25.1. The summed E-state index contributed by atoms with van der Waals surface area (Å²) in [5.41, 5.74) is 6.04. The summed E-state index contributed by atoms with van der Waals surface area (Å²) < 4.78 is 0. The third-order valence-electron chi connectivity index (χ3n) is 3.29. The van der Waals surface area contributed by atoms with Crippen LogP contribution in [0.15, 0.2) is 0 Å². The predicted octanol–water partition coefficient (Wildman–Crippen LogP) is 0.197. The highest BCUT2D eigenvalue weighted by Gasteiger charge is 2.23. The van der Waals surface area contributed by atoms with E-state index in [1.54, 1.807) is 25.9 Å². The molecule has 0 unspecified atom stereocenters. The zero-order valence-electron chi connectivity index (χ0n) is 11.4. The summed E-state index contributed by atoms with van der Waals surface area (Å²) in [6, 6.07) is 0.0542. The van der Waals surface area contributed by atoms with Crippen LogP contribution in [0.5, 0.6) is 0 Å². The molecule has 0 saturated heterocycles. The fourth-order valence-electron chi connectivity index (χ4n) is 2.19. The van der Waals surface area contributed by atoms with Crippen LogP contribution in [0.1, 0.15) is 32.6 Å². The van der Waals surface area contributed by atoms with E-state index in [1.165, 1.54) is 12.8 Å². The summed E-state index contributed by atoms with van der Waals surface area (Å²) in [4.78, 5) is 13.2. The molecular formula is C12H24N4OS. The van der Waals surface area contributed by atoms with Crippen molar-refractivity contribution in [3.63, 3.8) is 0 Å². The minimum absolute atomic E-state index is 0.00657. The Kier molecular flexibility index (Phi) is 5.81. The summed E-state index contributed by atoms with van der Waals surface area (Å²) >= 11 is 5.22. The molecule has 3 atom stereocenters. The fraction of sp³-hybridized carbons (Fsp3) is 0.833. The van der Waals surface area contributed by atoms with Crippen LogP contribution in [-0.4, -0.2) is 48.1 Å². The second-order valence-electron chi connectivity index (χ2n) is 5.13. The lowest BCUT2D eigenvalue weighted by Gasteiger charge is -2.31. The van der Waals surface area contributed by atoms with E-state index >= 15 is 0 Å². The molecule has 1 aliphatic carbocycles. The number of likely N-dealkylation sites (N-methyl/N-ethyl adjacent to an activating group) is 1. The quantitative estimate of drug-likeness (QED) is 0.640. The lowest BCUT2D eigenvalue weighted by Crippen LogP contribution is -2.55. The van der Waals surface area contributed by atoms with Crippen molar-refractivity contribution < 1.29 is 4.79 Å². The Hall–Kier alpha value is -0.880. The van der Waals surface area contributed by atoms with E-state index in [-0.39, 0.29) is 24.0 Å². The molecule has 1 aliphatic rings. The van der Waals surface area contributed by atoms with Gasteiger partial charge < -0.3 is 21.3 Å². The van der Waals surface area contributed by atoms with Gasteiger partial charge in [-0.2, -0.15) is 0 Å². The number of amides is 1. The van der Waals surface area contributed by atoms with Gasteiger partial charge in [0.15, 0.2) is 5.11 Å². The van der Waals surface area contributed by atoms with Crippen molar-refractivity contribution in [2.45, 2.75) is 50.7 Å². The first-order valence-electron chi connectivity index (χ1n) is 6.45. The van der Waals surface area contributed by atoms with Gasteiger partial charge in [0.2, 0.25) is 5.91 Å². The summed E-state index contributed by atoms with van der Waals surface area (Å²) in [6.45, 7) is 1.80. The van der Waals surface area contributed by atoms with Crippen LogP contribution in [-0.2, 0) is 4.79 Å². The number of hydrogen-bond acceptors (Lipinski definition) is 3. The average molecular weight is 272 g/mol. The van der Waals surface area contributed by atoms with Crippen LogP contribution >= 0.6 is 12.2 Å². The van der Waals surface area contributed by atoms with Crippen LogP contribution < -0.4 is 16.4 Å². The first-order valence-corrected chi connectivity index (χ1v) is 6.86. The second-order valence-corrected chi connectivity index (χ2v) is 5.54. The van der Waals surface area contributed by atoms with Crippen LogP contribution in [0.3, 0.4) is 0 Å². The molecule has 0 aromatic heterocycles. The molecule has 6 heteroatoms. The molecule has 1 amide bonds. The molecule has 1 saturated carbocycles. The molecule has 0 spiro atoms. The molecule has 0 aromatic carbocycles. The zero-order valence-corrected chi connectivity index (χ0v) is 12.2. The Bertz CT molecular complexity index is 308. The Balaban J connectivity index is 2.39. The van der Waals surface area contributed by atoms with Crippen LogP contribution in [0.25, 0.3) is 0 Å². The van der Waals surface area contributed by atoms with E-state index in [1.807, 2.05) is 0 Å². The third kappa shape index (κ3) is 4.42. The Morgan fingerprint density at radius 2 is 2.00 bits per heavy atom. The molecule has 1 fully saturated rings. The predicted molar refractivity (Wildman–Crippen MR) is 77.3 cm³/mol. The zero-order chi connectivity index (χ0) is 13.7. The van der Waals surface area contributed by atoms with Crippen molar-refractivity contribution in [3.8, 4) is 0 Å². The van der Waals surface area contributed by atoms with Gasteiger partial charge in [-0.15, -0.1) is 0 Å². The lowest BCUT2D eigenvalue weighted by atomic mass is 9.91. The van der Waals surface area contributed by atoms with Gasteiger partial charge >= 0.3 is 0 Å². The topological polar surface area (TPSA) is 70.4 Å². The van der Waals surface area contributed by atoms with Crippen LogP contribution in [0, 0.1) is 0 Å². The Morgan fingerprint density at radius 1 is 1.39 bits per heavy atom. The number of nitrogens with zero attached hydrogens (tertiary/aromatic N) is 1. The summed E-state index contributed by atoms with van der Waals surface area (Å²) in [7, 11) is 3.46. The first kappa shape index (κ1) is 15.2. The molecule has 0 aliphatic heterocycles. The fourth-order valence-corrected chi connectivity index (χ4v) is 2.52. The van der Waals surface area contributed by atoms with Crippen molar-refractivity contribution >= 4 is 23.2 Å². The number of carbonyl (C=O) groups excluding carboxylic acids is 1. The van der Waals surface area contributed by atoms with Gasteiger partial charge in [-0.25, -0.2) is 0 Å². The molecule has 18 heavy (non-hydrogen) atoms. The third-order valence-corrected chi connectivity index (χ3v) is 3.53. The number of hydrogen-bond donors (Lipinski definition) is 3. The molecule has 5 nitrogen and oxygen atoms in total. The summed E-state index contributed by atoms with van der Waals surface area (Å²) in [5, 5.41) is 6.73. The van der Waals surface area contributed by atoms with Gasteiger partial charge in [0.05, 0.1) is 0 Å². The highest BCUT2D eigenvalue weighted by atomic mass is 32.1. The standard InChI is InChI=1S/C12H24N4OS/c1-8(11(17)16(2)3)14-12(18)15-10-7-5-4-6-9(10)13/h8-10H,4-7,13H2,1-3H3,(H2,14,15,18)/t8-,9+,10+/m0/s1. The maximum absolute atomic E-state index is 11.7. The average Bonchev–Trinajstić information content (AvgIpc) is 2.30. The van der Waals surface area contributed by atoms with Gasteiger partial charge in [-0.1, -0.05) is 12.8 Å². The Labute approximate surface area is 114 Å². The molecular weight excluding hydrogens is 248 g/mol. The minimum Gasteiger partial charge on any atom is -0.358 e. The minimum atomic E-state index is -0.320. The highest BCUT2D eigenvalue weighted by Crippen LogP contribution is 2.16. The first-order chi connectivity index (χ1) is 8.41. The van der Waals surface area contributed by atoms with Gasteiger partial charge in [0.25, 0.3) is 0 Å². The van der Waals surface area contributed by atoms with Gasteiger partial charge in [-0.05, 0) is 32.0 Å². The van der Waals surface area contributed by atoms with E-state index in [0.29, 0.717) is 5.11 Å². The van der Waals surface area contributed by atoms with E-state index in [9.17, 15) is 4.79 Å². The van der Waals surface area contributed by atoms with Crippen molar-refractivity contribution in [3.05, 3.63) is 0 Å². The van der Waals surface area contributed by atoms with E-state index in [0.717, 1.165) is 12.8 Å². The molecule has 104 valence electrons. The van der Waals surface area contributed by atoms with Gasteiger partial charge in [-0.3, -0.25) is 4.79 Å². The maximum atomic E-state index is 11.7. The molecule has 0 heterocycles. The number of carbonyl (C=O) groups is 1. The molecule has 1 rings (SSSR count). The number of rotatable bonds is 3. The van der Waals surface area contributed by atoms with Crippen molar-refractivity contribution in [2.75, 3.05) is 14.1 Å². The van der Waals surface area contributed by atoms with Crippen LogP contribution in [0.4, 0.5) is 0 Å². The van der Waals surface area contributed by atoms with E-state index in [2.05, 4.69) is 10.6 Å². The van der Waals surface area contributed by atoms with E-state index < -0.39 is 0 Å². The number of nitrogens with two attached hydrogens (primary N) is 1. The summed E-state index contributed by atoms with van der Waals surface area (Å²) in [6.07, 6.45) is 4.45. The second kappa shape index (κ2) is 6.89. The van der Waals surface area contributed by atoms with Crippen LogP contribution in [0.2, 0.25) is 0 Å². The number of nitrogens with one attached hydrogen (secondary N) is 2. The van der Waals surface area contributed by atoms with Crippen molar-refractivity contribution in [1.82, 2.24) is 15.5 Å². The molecule has 0 aromatic rings. The van der Waals surface area contributed by atoms with Crippen molar-refractivity contribution in [1.29, 1.82) is 0 Å². The largest absolute Gasteiger partial charge is 0.358 e. The Morgan fingerprint density at radius 3 is 2.56 bits per heavy atom. The number of thiocarbonyl (C=S) groups is 1. The molecule has 4 N–H and O–H groups in total. The molecule has 0 bridgehead atoms. The van der Waals surface area contributed by atoms with Crippen molar-refractivity contribution in [2.24, 2.45) is 5.73 Å². The van der Waals surface area contributed by atoms with Gasteiger partial charge in [0.1, 0.15) is 6.04 Å². The SMILES string of the molecule is C[C@H](NC(=S)N[C@@H]1CCCC[C@H]1N)C(=O)N(C)C. The highest BCUT2D eigenvalue weighted by molar-refractivity contribution is 7.80. The lowest BCUT2D eigenvalue weighted by molar-refractivity contribution is -0.130. The smallest absolute Gasteiger partial charge is 0.244 e.